The molecule has 3 N–H and O–H groups in total. The molecule has 3 heterocycles. The number of oxazole rings is 1. The van der Waals surface area contributed by atoms with Crippen LogP contribution in [0.1, 0.15) is 16.1 Å². The molecule has 4 rings (SSSR count). The number of anilines is 2. The summed E-state index contributed by atoms with van der Waals surface area (Å²) < 4.78 is 21.0. The molecular formula is C23H22FN7O3. The molecule has 0 atom stereocenters. The van der Waals surface area contributed by atoms with E-state index in [1.165, 1.54) is 29.2 Å². The summed E-state index contributed by atoms with van der Waals surface area (Å²) in [5.41, 5.74) is 7.74. The fraction of sp³-hybridized carbons (Fsp3) is 0.174. The summed E-state index contributed by atoms with van der Waals surface area (Å²) in [6.45, 7) is -0.0792. The van der Waals surface area contributed by atoms with Crippen LogP contribution in [0.4, 0.5) is 15.9 Å². The topological polar surface area (TPSA) is 132 Å². The zero-order valence-electron chi connectivity index (χ0n) is 18.7. The van der Waals surface area contributed by atoms with Gasteiger partial charge in [0, 0.05) is 56.8 Å². The number of aromatic nitrogens is 4. The Labute approximate surface area is 193 Å². The minimum atomic E-state index is -0.635. The maximum Gasteiger partial charge on any atom is 0.274 e. The molecule has 0 aliphatic rings. The molecule has 0 fully saturated rings. The first-order chi connectivity index (χ1) is 16.2. The van der Waals surface area contributed by atoms with Gasteiger partial charge in [0.25, 0.3) is 5.91 Å². The number of halogens is 1. The fourth-order valence-corrected chi connectivity index (χ4v) is 3.27. The molecule has 0 radical (unpaired) electrons. The van der Waals surface area contributed by atoms with Gasteiger partial charge in [-0.3, -0.25) is 9.59 Å². The number of nitrogens with zero attached hydrogens (tertiary/aromatic N) is 5. The molecular weight excluding hydrogens is 441 g/mol. The van der Waals surface area contributed by atoms with Gasteiger partial charge < -0.3 is 24.9 Å². The van der Waals surface area contributed by atoms with E-state index in [0.717, 1.165) is 5.69 Å². The molecule has 0 unspecified atom stereocenters. The van der Waals surface area contributed by atoms with E-state index in [1.54, 1.807) is 31.4 Å². The second kappa shape index (κ2) is 9.14. The minimum Gasteiger partial charge on any atom is -0.443 e. The van der Waals surface area contributed by atoms with E-state index >= 15 is 0 Å². The highest BCUT2D eigenvalue weighted by molar-refractivity contribution is 5.97. The Morgan fingerprint density at radius 1 is 1.21 bits per heavy atom. The van der Waals surface area contributed by atoms with Gasteiger partial charge in [-0.05, 0) is 24.3 Å². The zero-order valence-corrected chi connectivity index (χ0v) is 18.7. The molecule has 34 heavy (non-hydrogen) atoms. The summed E-state index contributed by atoms with van der Waals surface area (Å²) in [6.07, 6.45) is 4.36. The monoisotopic (exact) mass is 463 g/mol. The Morgan fingerprint density at radius 3 is 2.68 bits per heavy atom. The number of carbonyl (C=O) groups is 1. The summed E-state index contributed by atoms with van der Waals surface area (Å²) in [6, 6.07) is 7.55. The van der Waals surface area contributed by atoms with Crippen LogP contribution in [0.3, 0.4) is 0 Å². The van der Waals surface area contributed by atoms with E-state index in [0.29, 0.717) is 11.1 Å². The number of carbonyl (C=O) groups excluding carboxylic acids is 1. The average Bonchev–Trinajstić information content (AvgIpc) is 3.34. The van der Waals surface area contributed by atoms with E-state index in [2.05, 4.69) is 20.3 Å². The summed E-state index contributed by atoms with van der Waals surface area (Å²) in [5, 5.41) is 2.64. The van der Waals surface area contributed by atoms with Crippen molar-refractivity contribution >= 4 is 17.4 Å². The van der Waals surface area contributed by atoms with Crippen LogP contribution in [0, 0.1) is 5.82 Å². The molecule has 1 amide bonds. The van der Waals surface area contributed by atoms with E-state index in [-0.39, 0.29) is 40.9 Å². The highest BCUT2D eigenvalue weighted by atomic mass is 19.1. The standard InChI is InChI=1S/C23H22FN7O3/c1-30(2)15-5-6-16(24)14(10-15)11-27-22(33)20-21(25)29-19(23-26-8-9-34-23)18(28-20)13-4-7-17(32)31(3)12-13/h4-10,12H,11H2,1-3H3,(H2,25,29)(H,27,33). The highest BCUT2D eigenvalue weighted by Gasteiger charge is 2.22. The molecule has 174 valence electrons. The number of nitrogens with two attached hydrogens (primary N) is 1. The number of amides is 1. The lowest BCUT2D eigenvalue weighted by Crippen LogP contribution is -2.26. The molecule has 0 bridgehead atoms. The van der Waals surface area contributed by atoms with Crippen LogP contribution in [0.5, 0.6) is 0 Å². The Bertz CT molecular complexity index is 1410. The number of pyridine rings is 1. The highest BCUT2D eigenvalue weighted by Crippen LogP contribution is 2.29. The van der Waals surface area contributed by atoms with Crippen molar-refractivity contribution in [3.63, 3.8) is 0 Å². The molecule has 4 aromatic rings. The third kappa shape index (κ3) is 4.49. The first kappa shape index (κ1) is 22.6. The average molecular weight is 463 g/mol. The SMILES string of the molecule is CN(C)c1ccc(F)c(CNC(=O)c2nc(-c3ccc(=O)n(C)c3)c(-c3ncco3)nc2N)c1. The molecule has 0 saturated heterocycles. The van der Waals surface area contributed by atoms with E-state index in [4.69, 9.17) is 10.2 Å². The minimum absolute atomic E-state index is 0.0792. The van der Waals surface area contributed by atoms with Crippen LogP contribution < -0.4 is 21.5 Å². The Hall–Kier alpha value is -4.54. The number of hydrogen-bond donors (Lipinski definition) is 2. The summed E-state index contributed by atoms with van der Waals surface area (Å²) in [5.74, 6) is -1.08. The predicted octanol–water partition coefficient (Wildman–Crippen LogP) is 2.21. The smallest absolute Gasteiger partial charge is 0.274 e. The van der Waals surface area contributed by atoms with Crippen LogP contribution in [-0.4, -0.2) is 39.5 Å². The lowest BCUT2D eigenvalue weighted by molar-refractivity contribution is 0.0946. The normalized spacial score (nSPS) is 10.8. The summed E-state index contributed by atoms with van der Waals surface area (Å²) in [7, 11) is 5.26. The molecule has 0 spiro atoms. The van der Waals surface area contributed by atoms with Crippen LogP contribution in [-0.2, 0) is 13.6 Å². The van der Waals surface area contributed by atoms with Gasteiger partial charge in [0.15, 0.2) is 17.2 Å². The molecule has 10 nitrogen and oxygen atoms in total. The van der Waals surface area contributed by atoms with Crippen molar-refractivity contribution in [1.29, 1.82) is 0 Å². The third-order valence-corrected chi connectivity index (χ3v) is 5.12. The summed E-state index contributed by atoms with van der Waals surface area (Å²) >= 11 is 0. The molecule has 0 aliphatic heterocycles. The van der Waals surface area contributed by atoms with E-state index in [9.17, 15) is 14.0 Å². The number of rotatable bonds is 6. The molecule has 1 aromatic carbocycles. The quantitative estimate of drug-likeness (QED) is 0.445. The number of nitrogen functional groups attached to an aromatic ring is 1. The number of hydrogen-bond acceptors (Lipinski definition) is 8. The molecule has 0 aliphatic carbocycles. The third-order valence-electron chi connectivity index (χ3n) is 5.12. The Balaban J connectivity index is 1.71. The zero-order chi connectivity index (χ0) is 24.4. The van der Waals surface area contributed by atoms with Gasteiger partial charge in [0.05, 0.1) is 6.20 Å². The second-order valence-corrected chi connectivity index (χ2v) is 7.71. The van der Waals surface area contributed by atoms with Crippen molar-refractivity contribution in [2.75, 3.05) is 24.7 Å². The number of benzene rings is 1. The molecule has 11 heteroatoms. The predicted molar refractivity (Wildman–Crippen MR) is 125 cm³/mol. The van der Waals surface area contributed by atoms with Gasteiger partial charge in [-0.15, -0.1) is 0 Å². The van der Waals surface area contributed by atoms with Crippen LogP contribution in [0.25, 0.3) is 22.8 Å². The first-order valence-corrected chi connectivity index (χ1v) is 10.2. The second-order valence-electron chi connectivity index (χ2n) is 7.71. The number of nitrogens with one attached hydrogen (secondary N) is 1. The lowest BCUT2D eigenvalue weighted by atomic mass is 10.1. The van der Waals surface area contributed by atoms with E-state index < -0.39 is 11.7 Å². The van der Waals surface area contributed by atoms with Gasteiger partial charge in [0.1, 0.15) is 17.8 Å². The lowest BCUT2D eigenvalue weighted by Gasteiger charge is -2.15. The van der Waals surface area contributed by atoms with Crippen molar-refractivity contribution in [2.45, 2.75) is 6.54 Å². The molecule has 0 saturated carbocycles. The van der Waals surface area contributed by atoms with Gasteiger partial charge in [-0.2, -0.15) is 0 Å². The van der Waals surface area contributed by atoms with Crippen molar-refractivity contribution in [1.82, 2.24) is 24.8 Å². The van der Waals surface area contributed by atoms with Gasteiger partial charge in [-0.25, -0.2) is 19.3 Å². The summed E-state index contributed by atoms with van der Waals surface area (Å²) in [4.78, 5) is 39.5. The number of aryl methyl sites for hydroxylation is 1. The van der Waals surface area contributed by atoms with Gasteiger partial charge >= 0.3 is 0 Å². The largest absolute Gasteiger partial charge is 0.443 e. The van der Waals surface area contributed by atoms with E-state index in [1.807, 2.05) is 19.0 Å². The van der Waals surface area contributed by atoms with Crippen LogP contribution >= 0.6 is 0 Å². The maximum atomic E-state index is 14.3. The first-order valence-electron chi connectivity index (χ1n) is 10.2. The van der Waals surface area contributed by atoms with Crippen molar-refractivity contribution in [2.24, 2.45) is 7.05 Å². The molecule has 3 aromatic heterocycles. The van der Waals surface area contributed by atoms with Crippen molar-refractivity contribution in [3.8, 4) is 22.8 Å². The van der Waals surface area contributed by atoms with Crippen LogP contribution in [0.15, 0.2) is 58.2 Å². The maximum absolute atomic E-state index is 14.3. The fourth-order valence-electron chi connectivity index (χ4n) is 3.27. The van der Waals surface area contributed by atoms with Crippen molar-refractivity contribution in [3.05, 3.63) is 76.4 Å². The van der Waals surface area contributed by atoms with Gasteiger partial charge in [-0.1, -0.05) is 0 Å². The Kier molecular flexibility index (Phi) is 6.09. The van der Waals surface area contributed by atoms with Gasteiger partial charge in [0.2, 0.25) is 11.4 Å². The Morgan fingerprint density at radius 2 is 2.00 bits per heavy atom. The van der Waals surface area contributed by atoms with Crippen molar-refractivity contribution < 1.29 is 13.6 Å². The van der Waals surface area contributed by atoms with Crippen LogP contribution in [0.2, 0.25) is 0 Å².